The summed E-state index contributed by atoms with van der Waals surface area (Å²) in [5.74, 6) is 0.727. The van der Waals surface area contributed by atoms with E-state index >= 15 is 0 Å². The zero-order chi connectivity index (χ0) is 20.8. The van der Waals surface area contributed by atoms with Gasteiger partial charge in [0.25, 0.3) is 5.56 Å². The first-order valence-electron chi connectivity index (χ1n) is 9.00. The van der Waals surface area contributed by atoms with E-state index in [9.17, 15) is 14.4 Å². The van der Waals surface area contributed by atoms with Crippen LogP contribution in [0.3, 0.4) is 0 Å². The van der Waals surface area contributed by atoms with Crippen molar-refractivity contribution in [1.82, 2.24) is 9.55 Å². The molecule has 0 bridgehead atoms. The van der Waals surface area contributed by atoms with Crippen LogP contribution >= 0.6 is 0 Å². The average molecular weight is 391 g/mol. The second kappa shape index (κ2) is 9.23. The maximum atomic E-state index is 12.7. The number of aromatic amines is 1. The van der Waals surface area contributed by atoms with Gasteiger partial charge in [0, 0.05) is 12.1 Å². The Balaban J connectivity index is 2.20. The van der Waals surface area contributed by atoms with Crippen molar-refractivity contribution in [3.05, 3.63) is 50.2 Å². The van der Waals surface area contributed by atoms with E-state index in [-0.39, 0.29) is 17.9 Å². The molecule has 1 aromatic heterocycles. The van der Waals surface area contributed by atoms with Crippen molar-refractivity contribution in [3.63, 3.8) is 0 Å². The lowest BCUT2D eigenvalue weighted by atomic mass is 10.1. The first kappa shape index (κ1) is 21.2. The van der Waals surface area contributed by atoms with Gasteiger partial charge in [0.05, 0.1) is 21.3 Å². The van der Waals surface area contributed by atoms with Gasteiger partial charge in [-0.25, -0.2) is 4.79 Å². The summed E-state index contributed by atoms with van der Waals surface area (Å²) in [5, 5.41) is 0. The van der Waals surface area contributed by atoms with Crippen molar-refractivity contribution in [1.29, 1.82) is 0 Å². The summed E-state index contributed by atoms with van der Waals surface area (Å²) in [6.07, 6.45) is 0.647. The minimum atomic E-state index is -0.751. The average Bonchev–Trinajstić information content (AvgIpc) is 2.64. The van der Waals surface area contributed by atoms with Gasteiger partial charge in [0.2, 0.25) is 5.78 Å². The van der Waals surface area contributed by atoms with Gasteiger partial charge in [-0.2, -0.15) is 0 Å². The van der Waals surface area contributed by atoms with Gasteiger partial charge in [-0.05, 0) is 24.6 Å². The number of H-pyrrole nitrogens is 1. The summed E-state index contributed by atoms with van der Waals surface area (Å²) in [5.41, 5.74) is 5.37. The number of carbonyl (C=O) groups excluding carboxylic acids is 1. The number of nitrogen functional groups attached to an aromatic ring is 1. The van der Waals surface area contributed by atoms with E-state index in [0.29, 0.717) is 31.0 Å². The fraction of sp³-hybridized carbons (Fsp3) is 0.421. The standard InChI is InChI=1S/C19H26N4O5/c1-5-8-23-17(20)16(18(25)21-19(23)26)13(24)11-22(2)10-12-6-7-14(27-3)15(9-12)28-4/h6-7,9H,5,8,10-11,20H2,1-4H3,(H,21,25,26)/p+1. The topological polar surface area (TPSA) is 121 Å². The molecule has 28 heavy (non-hydrogen) atoms. The Labute approximate surface area is 162 Å². The van der Waals surface area contributed by atoms with E-state index in [1.165, 1.54) is 4.57 Å². The largest absolute Gasteiger partial charge is 0.493 e. The molecule has 0 aliphatic rings. The summed E-state index contributed by atoms with van der Waals surface area (Å²) >= 11 is 0. The molecule has 0 fully saturated rings. The van der Waals surface area contributed by atoms with Crippen molar-refractivity contribution in [2.45, 2.75) is 26.4 Å². The molecule has 0 saturated carbocycles. The lowest BCUT2D eigenvalue weighted by molar-refractivity contribution is -0.884. The zero-order valence-electron chi connectivity index (χ0n) is 16.6. The molecule has 0 spiro atoms. The number of ether oxygens (including phenoxy) is 2. The van der Waals surface area contributed by atoms with Crippen LogP contribution in [0.4, 0.5) is 5.82 Å². The number of likely N-dealkylation sites (N-methyl/N-ethyl adjacent to an activating group) is 1. The molecule has 0 amide bonds. The van der Waals surface area contributed by atoms with Gasteiger partial charge in [-0.1, -0.05) is 6.92 Å². The number of nitrogens with zero attached hydrogens (tertiary/aromatic N) is 1. The molecule has 2 aromatic rings. The maximum absolute atomic E-state index is 12.7. The minimum Gasteiger partial charge on any atom is -0.493 e. The number of quaternary nitrogens is 1. The number of ketones is 1. The molecule has 0 aliphatic carbocycles. The predicted molar refractivity (Wildman–Crippen MR) is 105 cm³/mol. The van der Waals surface area contributed by atoms with Crippen molar-refractivity contribution < 1.29 is 19.2 Å². The fourth-order valence-corrected chi connectivity index (χ4v) is 3.07. The van der Waals surface area contributed by atoms with Crippen LogP contribution in [-0.4, -0.2) is 43.1 Å². The molecule has 9 heteroatoms. The number of Topliss-reactive ketones (excluding diaryl/α,β-unsaturated/α-hetero) is 1. The lowest BCUT2D eigenvalue weighted by Gasteiger charge is -2.16. The third-order valence-electron chi connectivity index (χ3n) is 4.38. The van der Waals surface area contributed by atoms with Crippen molar-refractivity contribution >= 4 is 11.6 Å². The second-order valence-electron chi connectivity index (χ2n) is 6.59. The molecular weight excluding hydrogens is 364 g/mol. The highest BCUT2D eigenvalue weighted by Gasteiger charge is 2.22. The first-order valence-corrected chi connectivity index (χ1v) is 9.00. The molecule has 152 valence electrons. The second-order valence-corrected chi connectivity index (χ2v) is 6.59. The van der Waals surface area contributed by atoms with E-state index in [1.54, 1.807) is 20.3 Å². The maximum Gasteiger partial charge on any atom is 0.329 e. The highest BCUT2D eigenvalue weighted by atomic mass is 16.5. The number of anilines is 1. The Morgan fingerprint density at radius 1 is 1.21 bits per heavy atom. The van der Waals surface area contributed by atoms with E-state index in [0.717, 1.165) is 10.5 Å². The molecule has 9 nitrogen and oxygen atoms in total. The van der Waals surface area contributed by atoms with Crippen LogP contribution in [0.2, 0.25) is 0 Å². The summed E-state index contributed by atoms with van der Waals surface area (Å²) < 4.78 is 11.7. The number of methoxy groups -OCH3 is 2. The summed E-state index contributed by atoms with van der Waals surface area (Å²) in [4.78, 5) is 39.8. The molecule has 4 N–H and O–H groups in total. The third-order valence-corrected chi connectivity index (χ3v) is 4.38. The van der Waals surface area contributed by atoms with E-state index in [2.05, 4.69) is 4.98 Å². The predicted octanol–water partition coefficient (Wildman–Crippen LogP) is -0.556. The SMILES string of the molecule is CCCn1c(N)c(C(=O)C[NH+](C)Cc2ccc(OC)c(OC)c2)c(=O)[nH]c1=O. The number of hydrogen-bond acceptors (Lipinski definition) is 6. The van der Waals surface area contributed by atoms with Gasteiger partial charge < -0.3 is 20.1 Å². The van der Waals surface area contributed by atoms with Gasteiger partial charge in [0.1, 0.15) is 24.5 Å². The molecule has 1 atom stereocenters. The highest BCUT2D eigenvalue weighted by Crippen LogP contribution is 2.27. The van der Waals surface area contributed by atoms with Gasteiger partial charge in [-0.15, -0.1) is 0 Å². The van der Waals surface area contributed by atoms with Crippen LogP contribution in [-0.2, 0) is 13.1 Å². The van der Waals surface area contributed by atoms with Gasteiger partial charge >= 0.3 is 5.69 Å². The number of rotatable bonds is 9. The van der Waals surface area contributed by atoms with Crippen molar-refractivity contribution in [2.24, 2.45) is 0 Å². The molecular formula is C19H27N4O5+. The summed E-state index contributed by atoms with van der Waals surface area (Å²) in [6, 6.07) is 5.53. The van der Waals surface area contributed by atoms with Gasteiger partial charge in [-0.3, -0.25) is 19.1 Å². The Kier molecular flexibility index (Phi) is 7.00. The van der Waals surface area contributed by atoms with E-state index in [1.807, 2.05) is 26.1 Å². The Morgan fingerprint density at radius 2 is 1.89 bits per heavy atom. The molecule has 1 unspecified atom stereocenters. The van der Waals surface area contributed by atoms with Crippen LogP contribution in [0.15, 0.2) is 27.8 Å². The monoisotopic (exact) mass is 391 g/mol. The van der Waals surface area contributed by atoms with Crippen LogP contribution < -0.4 is 31.4 Å². The Morgan fingerprint density at radius 3 is 2.50 bits per heavy atom. The Hall–Kier alpha value is -3.07. The minimum absolute atomic E-state index is 0.0476. The molecule has 0 saturated heterocycles. The smallest absolute Gasteiger partial charge is 0.329 e. The summed E-state index contributed by atoms with van der Waals surface area (Å²) in [6.45, 7) is 2.78. The van der Waals surface area contributed by atoms with Crippen LogP contribution in [0.5, 0.6) is 11.5 Å². The number of hydrogen-bond donors (Lipinski definition) is 3. The summed E-state index contributed by atoms with van der Waals surface area (Å²) in [7, 11) is 4.95. The molecule has 0 aliphatic heterocycles. The van der Waals surface area contributed by atoms with Gasteiger partial charge in [0.15, 0.2) is 11.5 Å². The fourth-order valence-electron chi connectivity index (χ4n) is 3.07. The molecule has 0 radical (unpaired) electrons. The zero-order valence-corrected chi connectivity index (χ0v) is 16.6. The van der Waals surface area contributed by atoms with Crippen molar-refractivity contribution in [3.8, 4) is 11.5 Å². The van der Waals surface area contributed by atoms with Crippen LogP contribution in [0, 0.1) is 0 Å². The van der Waals surface area contributed by atoms with E-state index in [4.69, 9.17) is 15.2 Å². The third kappa shape index (κ3) is 4.61. The lowest BCUT2D eigenvalue weighted by Crippen LogP contribution is -3.08. The number of nitrogens with one attached hydrogen (secondary N) is 2. The highest BCUT2D eigenvalue weighted by molar-refractivity contribution is 6.00. The number of carbonyl (C=O) groups is 1. The molecule has 1 heterocycles. The van der Waals surface area contributed by atoms with Crippen LogP contribution in [0.25, 0.3) is 0 Å². The normalized spacial score (nSPS) is 11.9. The molecule has 2 rings (SSSR count). The number of aromatic nitrogens is 2. The van der Waals surface area contributed by atoms with E-state index < -0.39 is 17.0 Å². The number of nitrogens with two attached hydrogens (primary N) is 1. The Bertz CT molecular complexity index is 964. The number of benzene rings is 1. The van der Waals surface area contributed by atoms with Crippen LogP contribution in [0.1, 0.15) is 29.3 Å². The molecule has 1 aromatic carbocycles. The van der Waals surface area contributed by atoms with Crippen molar-refractivity contribution in [2.75, 3.05) is 33.5 Å². The quantitative estimate of drug-likeness (QED) is 0.493. The first-order chi connectivity index (χ1) is 13.3.